The number of nitrogens with zero attached hydrogens (tertiary/aromatic N) is 1. The van der Waals surface area contributed by atoms with Gasteiger partial charge in [0.2, 0.25) is 0 Å². The van der Waals surface area contributed by atoms with Crippen LogP contribution in [0.15, 0.2) is 18.2 Å². The van der Waals surface area contributed by atoms with Crippen LogP contribution in [0.2, 0.25) is 0 Å². The third kappa shape index (κ3) is 2.86. The first kappa shape index (κ1) is 13.4. The molecule has 1 aliphatic heterocycles. The molecule has 0 amide bonds. The van der Waals surface area contributed by atoms with E-state index in [9.17, 15) is 5.11 Å². The Hall–Kier alpha value is -1.02. The van der Waals surface area contributed by atoms with E-state index >= 15 is 0 Å². The molecule has 2 nitrogen and oxygen atoms in total. The number of hydrogen-bond donors (Lipinski definition) is 1. The highest BCUT2D eigenvalue weighted by Crippen LogP contribution is 2.28. The fourth-order valence-corrected chi connectivity index (χ4v) is 2.89. The predicted octanol–water partition coefficient (Wildman–Crippen LogP) is 3.47. The van der Waals surface area contributed by atoms with Crippen LogP contribution in [0, 0.1) is 6.92 Å². The minimum absolute atomic E-state index is 0.249. The maximum absolute atomic E-state index is 9.38. The van der Waals surface area contributed by atoms with Gasteiger partial charge in [-0.1, -0.05) is 19.1 Å². The smallest absolute Gasteiger partial charge is 0.0499 e. The molecule has 1 atom stereocenters. The molecule has 18 heavy (non-hydrogen) atoms. The van der Waals surface area contributed by atoms with Gasteiger partial charge in [-0.3, -0.25) is 0 Å². The van der Waals surface area contributed by atoms with Crippen molar-refractivity contribution in [2.75, 3.05) is 24.6 Å². The quantitative estimate of drug-likeness (QED) is 0.880. The molecule has 1 aliphatic rings. The van der Waals surface area contributed by atoms with Crippen molar-refractivity contribution in [2.24, 2.45) is 0 Å². The van der Waals surface area contributed by atoms with Crippen LogP contribution in [0.1, 0.15) is 49.7 Å². The van der Waals surface area contributed by atoms with Gasteiger partial charge in [-0.2, -0.15) is 0 Å². The first-order valence-corrected chi connectivity index (χ1v) is 7.22. The summed E-state index contributed by atoms with van der Waals surface area (Å²) < 4.78 is 0. The highest BCUT2D eigenvalue weighted by molar-refractivity contribution is 5.55. The lowest BCUT2D eigenvalue weighted by atomic mass is 9.95. The largest absolute Gasteiger partial charge is 0.396 e. The molecule has 100 valence electrons. The number of aliphatic hydroxyl groups excluding tert-OH is 1. The molecule has 1 N–H and O–H groups in total. The summed E-state index contributed by atoms with van der Waals surface area (Å²) in [5.41, 5.74) is 4.01. The van der Waals surface area contributed by atoms with Crippen LogP contribution in [0.25, 0.3) is 0 Å². The minimum atomic E-state index is 0.249. The Morgan fingerprint density at radius 2 is 1.94 bits per heavy atom. The molecule has 1 saturated heterocycles. The van der Waals surface area contributed by atoms with Gasteiger partial charge in [-0.05, 0) is 49.8 Å². The standard InChI is InChI=1S/C16H25NO/c1-3-14(12-18)15-7-8-16(13(2)11-15)17-9-5-4-6-10-17/h7-8,11,14,18H,3-6,9-10,12H2,1-2H3. The van der Waals surface area contributed by atoms with E-state index in [1.54, 1.807) is 0 Å². The number of benzene rings is 1. The number of rotatable bonds is 4. The summed E-state index contributed by atoms with van der Waals surface area (Å²) in [5, 5.41) is 9.38. The van der Waals surface area contributed by atoms with Crippen molar-refractivity contribution in [3.63, 3.8) is 0 Å². The SMILES string of the molecule is CCC(CO)c1ccc(N2CCCCC2)c(C)c1. The molecule has 1 aromatic rings. The summed E-state index contributed by atoms with van der Waals surface area (Å²) in [6.07, 6.45) is 5.00. The van der Waals surface area contributed by atoms with Gasteiger partial charge >= 0.3 is 0 Å². The highest BCUT2D eigenvalue weighted by Gasteiger charge is 2.15. The Bertz CT molecular complexity index is 379. The molecule has 2 heteroatoms. The summed E-state index contributed by atoms with van der Waals surface area (Å²) in [6, 6.07) is 6.70. The average molecular weight is 247 g/mol. The molecule has 1 fully saturated rings. The fraction of sp³-hybridized carbons (Fsp3) is 0.625. The van der Waals surface area contributed by atoms with E-state index in [4.69, 9.17) is 0 Å². The number of aliphatic hydroxyl groups is 1. The Balaban J connectivity index is 2.18. The maximum Gasteiger partial charge on any atom is 0.0499 e. The topological polar surface area (TPSA) is 23.5 Å². The second-order valence-electron chi connectivity index (χ2n) is 5.38. The average Bonchev–Trinajstić information content (AvgIpc) is 2.41. The molecule has 0 aliphatic carbocycles. The van der Waals surface area contributed by atoms with Gasteiger partial charge in [-0.15, -0.1) is 0 Å². The van der Waals surface area contributed by atoms with E-state index < -0.39 is 0 Å². The van der Waals surface area contributed by atoms with Crippen LogP contribution in [0.5, 0.6) is 0 Å². The van der Waals surface area contributed by atoms with Gasteiger partial charge in [0, 0.05) is 31.3 Å². The van der Waals surface area contributed by atoms with Crippen molar-refractivity contribution < 1.29 is 5.11 Å². The summed E-state index contributed by atoms with van der Waals surface area (Å²) in [7, 11) is 0. The highest BCUT2D eigenvalue weighted by atomic mass is 16.3. The van der Waals surface area contributed by atoms with Gasteiger partial charge in [0.05, 0.1) is 0 Å². The van der Waals surface area contributed by atoms with Crippen LogP contribution in [-0.4, -0.2) is 24.8 Å². The second-order valence-corrected chi connectivity index (χ2v) is 5.38. The fourth-order valence-electron chi connectivity index (χ4n) is 2.89. The van der Waals surface area contributed by atoms with Crippen molar-refractivity contribution in [1.82, 2.24) is 0 Å². The van der Waals surface area contributed by atoms with Crippen LogP contribution in [0.3, 0.4) is 0 Å². The van der Waals surface area contributed by atoms with Crippen molar-refractivity contribution in [1.29, 1.82) is 0 Å². The van der Waals surface area contributed by atoms with E-state index in [-0.39, 0.29) is 6.61 Å². The Morgan fingerprint density at radius 1 is 1.22 bits per heavy atom. The first-order chi connectivity index (χ1) is 8.76. The van der Waals surface area contributed by atoms with E-state index in [2.05, 4.69) is 36.9 Å². The molecule has 2 rings (SSSR count). The summed E-state index contributed by atoms with van der Waals surface area (Å²) >= 11 is 0. The monoisotopic (exact) mass is 247 g/mol. The maximum atomic E-state index is 9.38. The first-order valence-electron chi connectivity index (χ1n) is 7.22. The predicted molar refractivity (Wildman–Crippen MR) is 77.4 cm³/mol. The zero-order chi connectivity index (χ0) is 13.0. The number of hydrogen-bond acceptors (Lipinski definition) is 2. The molecular formula is C16H25NO. The molecule has 0 aromatic heterocycles. The van der Waals surface area contributed by atoms with Gasteiger partial charge in [0.1, 0.15) is 0 Å². The molecule has 0 bridgehead atoms. The lowest BCUT2D eigenvalue weighted by Gasteiger charge is -2.30. The van der Waals surface area contributed by atoms with E-state index in [1.165, 1.54) is 49.2 Å². The zero-order valence-electron chi connectivity index (χ0n) is 11.7. The van der Waals surface area contributed by atoms with Crippen molar-refractivity contribution in [3.05, 3.63) is 29.3 Å². The number of piperidine rings is 1. The molecule has 0 saturated carbocycles. The van der Waals surface area contributed by atoms with Crippen molar-refractivity contribution in [2.45, 2.75) is 45.4 Å². The van der Waals surface area contributed by atoms with Gasteiger partial charge in [0.25, 0.3) is 0 Å². The van der Waals surface area contributed by atoms with Crippen molar-refractivity contribution >= 4 is 5.69 Å². The van der Waals surface area contributed by atoms with E-state index in [1.807, 2.05) is 0 Å². The summed E-state index contributed by atoms with van der Waals surface area (Å²) in [5.74, 6) is 0.291. The molecule has 1 heterocycles. The Kier molecular flexibility index (Phi) is 4.65. The van der Waals surface area contributed by atoms with Crippen LogP contribution < -0.4 is 4.90 Å². The molecule has 0 radical (unpaired) electrons. The van der Waals surface area contributed by atoms with Crippen molar-refractivity contribution in [3.8, 4) is 0 Å². The number of aryl methyl sites for hydroxylation is 1. The Morgan fingerprint density at radius 3 is 2.50 bits per heavy atom. The summed E-state index contributed by atoms with van der Waals surface area (Å²) in [6.45, 7) is 6.96. The van der Waals surface area contributed by atoms with Crippen LogP contribution in [-0.2, 0) is 0 Å². The minimum Gasteiger partial charge on any atom is -0.396 e. The summed E-state index contributed by atoms with van der Waals surface area (Å²) in [4.78, 5) is 2.50. The third-order valence-corrected chi connectivity index (χ3v) is 4.10. The van der Waals surface area contributed by atoms with Gasteiger partial charge in [0.15, 0.2) is 0 Å². The molecular weight excluding hydrogens is 222 g/mol. The third-order valence-electron chi connectivity index (χ3n) is 4.10. The number of anilines is 1. The second kappa shape index (κ2) is 6.24. The lowest BCUT2D eigenvalue weighted by Crippen LogP contribution is -2.30. The zero-order valence-corrected chi connectivity index (χ0v) is 11.7. The van der Waals surface area contributed by atoms with E-state index in [0.717, 1.165) is 6.42 Å². The van der Waals surface area contributed by atoms with Gasteiger partial charge in [-0.25, -0.2) is 0 Å². The van der Waals surface area contributed by atoms with Crippen LogP contribution >= 0.6 is 0 Å². The molecule has 0 spiro atoms. The molecule has 1 aromatic carbocycles. The normalized spacial score (nSPS) is 17.8. The molecule has 1 unspecified atom stereocenters. The van der Waals surface area contributed by atoms with E-state index in [0.29, 0.717) is 5.92 Å². The lowest BCUT2D eigenvalue weighted by molar-refractivity contribution is 0.262. The van der Waals surface area contributed by atoms with Crippen LogP contribution in [0.4, 0.5) is 5.69 Å². The Labute approximate surface area is 111 Å². The van der Waals surface area contributed by atoms with Gasteiger partial charge < -0.3 is 10.0 Å².